The second-order valence-electron chi connectivity index (χ2n) is 5.14. The van der Waals surface area contributed by atoms with Crippen LogP contribution in [0.5, 0.6) is 11.5 Å². The number of aryl methyl sites for hydroxylation is 1. The smallest absolute Gasteiger partial charge is 0.308 e. The summed E-state index contributed by atoms with van der Waals surface area (Å²) in [6.07, 6.45) is 0.708. The molecule has 2 unspecified atom stereocenters. The highest BCUT2D eigenvalue weighted by Gasteiger charge is 2.46. The maximum atomic E-state index is 11.0. The molecule has 0 spiro atoms. The largest absolute Gasteiger partial charge is 0.486 e. The Morgan fingerprint density at radius 2 is 1.95 bits per heavy atom. The third-order valence-electron chi connectivity index (χ3n) is 3.81. The van der Waals surface area contributed by atoms with Crippen molar-refractivity contribution in [3.05, 3.63) is 17.7 Å². The molecule has 3 rings (SSSR count). The van der Waals surface area contributed by atoms with Gasteiger partial charge in [-0.2, -0.15) is 0 Å². The van der Waals surface area contributed by atoms with Crippen LogP contribution in [0.2, 0.25) is 0 Å². The van der Waals surface area contributed by atoms with Crippen LogP contribution in [0.25, 0.3) is 0 Å². The molecule has 0 bridgehead atoms. The van der Waals surface area contributed by atoms with Crippen LogP contribution in [0, 0.1) is 12.8 Å². The van der Waals surface area contributed by atoms with Crippen molar-refractivity contribution in [2.45, 2.75) is 19.4 Å². The van der Waals surface area contributed by atoms with Gasteiger partial charge in [0.2, 0.25) is 0 Å². The van der Waals surface area contributed by atoms with Gasteiger partial charge in [-0.05, 0) is 25.0 Å². The van der Waals surface area contributed by atoms with Gasteiger partial charge in [-0.25, -0.2) is 0 Å². The van der Waals surface area contributed by atoms with Crippen molar-refractivity contribution in [1.29, 1.82) is 0 Å². The van der Waals surface area contributed by atoms with Crippen molar-refractivity contribution in [2.24, 2.45) is 5.92 Å². The normalized spacial score (nSPS) is 23.9. The lowest BCUT2D eigenvalue weighted by Crippen LogP contribution is -2.25. The van der Waals surface area contributed by atoms with E-state index in [1.54, 1.807) is 0 Å². The SMILES string of the molecule is Cc1cc2c(cc1N(C)C1CC1C(=O)O)OCCO2. The van der Waals surface area contributed by atoms with E-state index in [1.165, 1.54) is 0 Å². The van der Waals surface area contributed by atoms with Gasteiger partial charge in [0.1, 0.15) is 13.2 Å². The fraction of sp³-hybridized carbons (Fsp3) is 0.500. The predicted octanol–water partition coefficient (Wildman–Crippen LogP) is 1.68. The summed E-state index contributed by atoms with van der Waals surface area (Å²) in [6.45, 7) is 3.13. The number of carbonyl (C=O) groups is 1. The summed E-state index contributed by atoms with van der Waals surface area (Å²) in [4.78, 5) is 13.0. The molecule has 1 fully saturated rings. The van der Waals surface area contributed by atoms with E-state index < -0.39 is 5.97 Å². The van der Waals surface area contributed by atoms with Gasteiger partial charge >= 0.3 is 5.97 Å². The van der Waals surface area contributed by atoms with E-state index >= 15 is 0 Å². The average Bonchev–Trinajstić information content (AvgIpc) is 3.17. The zero-order valence-electron chi connectivity index (χ0n) is 11.0. The van der Waals surface area contributed by atoms with E-state index in [2.05, 4.69) is 0 Å². The fourth-order valence-electron chi connectivity index (χ4n) is 2.61. The van der Waals surface area contributed by atoms with E-state index in [9.17, 15) is 4.79 Å². The molecule has 1 aromatic carbocycles. The first-order valence-electron chi connectivity index (χ1n) is 6.44. The Balaban J connectivity index is 1.86. The molecule has 2 atom stereocenters. The monoisotopic (exact) mass is 263 g/mol. The molecule has 0 radical (unpaired) electrons. The van der Waals surface area contributed by atoms with Crippen molar-refractivity contribution in [1.82, 2.24) is 0 Å². The highest BCUT2D eigenvalue weighted by atomic mass is 16.6. The topological polar surface area (TPSA) is 59.0 Å². The van der Waals surface area contributed by atoms with Crippen LogP contribution in [-0.2, 0) is 4.79 Å². The van der Waals surface area contributed by atoms with Crippen LogP contribution in [0.15, 0.2) is 12.1 Å². The number of benzene rings is 1. The van der Waals surface area contributed by atoms with E-state index in [0.717, 1.165) is 22.7 Å². The summed E-state index contributed by atoms with van der Waals surface area (Å²) < 4.78 is 11.1. The number of carboxylic acid groups (broad SMARTS) is 1. The lowest BCUT2D eigenvalue weighted by Gasteiger charge is -2.25. The van der Waals surface area contributed by atoms with Crippen LogP contribution >= 0.6 is 0 Å². The minimum atomic E-state index is -0.716. The first kappa shape index (κ1) is 12.1. The number of anilines is 1. The van der Waals surface area contributed by atoms with Gasteiger partial charge in [0.15, 0.2) is 11.5 Å². The third kappa shape index (κ3) is 2.09. The molecule has 1 saturated carbocycles. The molecule has 5 heteroatoms. The summed E-state index contributed by atoms with van der Waals surface area (Å²) in [7, 11) is 1.94. The van der Waals surface area contributed by atoms with Gasteiger partial charge < -0.3 is 19.5 Å². The molecule has 19 heavy (non-hydrogen) atoms. The van der Waals surface area contributed by atoms with E-state index in [-0.39, 0.29) is 12.0 Å². The molecule has 0 aromatic heterocycles. The summed E-state index contributed by atoms with van der Waals surface area (Å²) in [5.41, 5.74) is 2.08. The lowest BCUT2D eigenvalue weighted by atomic mass is 10.1. The van der Waals surface area contributed by atoms with E-state index in [4.69, 9.17) is 14.6 Å². The summed E-state index contributed by atoms with van der Waals surface area (Å²) in [5, 5.41) is 9.01. The number of aliphatic carboxylic acids is 1. The van der Waals surface area contributed by atoms with Crippen LogP contribution in [-0.4, -0.2) is 37.4 Å². The second-order valence-corrected chi connectivity index (χ2v) is 5.14. The zero-order chi connectivity index (χ0) is 13.6. The summed E-state index contributed by atoms with van der Waals surface area (Å²) in [6, 6.07) is 3.98. The molecule has 102 valence electrons. The molecule has 0 saturated heterocycles. The lowest BCUT2D eigenvalue weighted by molar-refractivity contribution is -0.138. The number of fused-ring (bicyclic) bond motifs is 1. The number of carboxylic acids is 1. The number of ether oxygens (including phenoxy) is 2. The Morgan fingerprint density at radius 3 is 2.53 bits per heavy atom. The quantitative estimate of drug-likeness (QED) is 0.899. The van der Waals surface area contributed by atoms with Crippen molar-refractivity contribution in [3.8, 4) is 11.5 Å². The number of hydrogen-bond donors (Lipinski definition) is 1. The standard InChI is InChI=1S/C14H17NO4/c1-8-5-12-13(19-4-3-18-12)7-10(8)15(2)11-6-9(11)14(16)17/h5,7,9,11H,3-4,6H2,1-2H3,(H,16,17). The van der Waals surface area contributed by atoms with Crippen molar-refractivity contribution >= 4 is 11.7 Å². The fourth-order valence-corrected chi connectivity index (χ4v) is 2.61. The van der Waals surface area contributed by atoms with Crippen molar-refractivity contribution in [2.75, 3.05) is 25.2 Å². The van der Waals surface area contributed by atoms with Gasteiger partial charge in [-0.1, -0.05) is 0 Å². The number of rotatable bonds is 3. The zero-order valence-corrected chi connectivity index (χ0v) is 11.0. The van der Waals surface area contributed by atoms with Crippen LogP contribution < -0.4 is 14.4 Å². The molecular formula is C14H17NO4. The predicted molar refractivity (Wildman–Crippen MR) is 70.1 cm³/mol. The molecule has 1 aliphatic heterocycles. The molecule has 2 aliphatic rings. The van der Waals surface area contributed by atoms with E-state index in [0.29, 0.717) is 19.6 Å². The Bertz CT molecular complexity index is 528. The molecular weight excluding hydrogens is 246 g/mol. The highest BCUT2D eigenvalue weighted by molar-refractivity contribution is 5.76. The second kappa shape index (κ2) is 4.33. The molecule has 0 amide bonds. The van der Waals surface area contributed by atoms with Crippen molar-refractivity contribution in [3.63, 3.8) is 0 Å². The van der Waals surface area contributed by atoms with Crippen LogP contribution in [0.4, 0.5) is 5.69 Å². The minimum absolute atomic E-state index is 0.0822. The van der Waals surface area contributed by atoms with Crippen LogP contribution in [0.1, 0.15) is 12.0 Å². The maximum Gasteiger partial charge on any atom is 0.308 e. The first-order valence-corrected chi connectivity index (χ1v) is 6.44. The van der Waals surface area contributed by atoms with Gasteiger partial charge in [-0.3, -0.25) is 4.79 Å². The van der Waals surface area contributed by atoms with Gasteiger partial charge in [0.05, 0.1) is 5.92 Å². The van der Waals surface area contributed by atoms with Crippen molar-refractivity contribution < 1.29 is 19.4 Å². The van der Waals surface area contributed by atoms with Gasteiger partial charge in [-0.15, -0.1) is 0 Å². The molecule has 1 N–H and O–H groups in total. The number of nitrogens with zero attached hydrogens (tertiary/aromatic N) is 1. The Labute approximate surface area is 111 Å². The van der Waals surface area contributed by atoms with Crippen LogP contribution in [0.3, 0.4) is 0 Å². The third-order valence-corrected chi connectivity index (χ3v) is 3.81. The van der Waals surface area contributed by atoms with Gasteiger partial charge in [0.25, 0.3) is 0 Å². The van der Waals surface area contributed by atoms with Gasteiger partial charge in [0, 0.05) is 24.8 Å². The average molecular weight is 263 g/mol. The Kier molecular flexibility index (Phi) is 2.77. The van der Waals surface area contributed by atoms with E-state index in [1.807, 2.05) is 31.0 Å². The Hall–Kier alpha value is -1.91. The summed E-state index contributed by atoms with van der Waals surface area (Å²) >= 11 is 0. The molecule has 1 aliphatic carbocycles. The first-order chi connectivity index (χ1) is 9.08. The molecule has 1 aromatic rings. The summed E-state index contributed by atoms with van der Waals surface area (Å²) in [5.74, 6) is 0.544. The highest BCUT2D eigenvalue weighted by Crippen LogP contribution is 2.42. The maximum absolute atomic E-state index is 11.0. The molecule has 1 heterocycles. The Morgan fingerprint density at radius 1 is 1.32 bits per heavy atom. The number of hydrogen-bond acceptors (Lipinski definition) is 4. The minimum Gasteiger partial charge on any atom is -0.486 e. The molecule has 5 nitrogen and oxygen atoms in total.